The molecule has 3 rings (SSSR count). The predicted octanol–water partition coefficient (Wildman–Crippen LogP) is 3.69. The van der Waals surface area contributed by atoms with E-state index in [1.165, 1.54) is 0 Å². The van der Waals surface area contributed by atoms with Crippen molar-refractivity contribution in [2.45, 2.75) is 26.3 Å². The summed E-state index contributed by atoms with van der Waals surface area (Å²) >= 11 is 6.06. The molecule has 0 saturated carbocycles. The van der Waals surface area contributed by atoms with Crippen molar-refractivity contribution in [1.82, 2.24) is 19.9 Å². The van der Waals surface area contributed by atoms with Crippen molar-refractivity contribution in [3.8, 4) is 5.82 Å². The highest BCUT2D eigenvalue weighted by atomic mass is 35.5. The van der Waals surface area contributed by atoms with E-state index in [4.69, 9.17) is 17.3 Å². The van der Waals surface area contributed by atoms with Crippen molar-refractivity contribution >= 4 is 23.5 Å². The maximum Gasteiger partial charge on any atom is 0.253 e. The number of anilines is 1. The summed E-state index contributed by atoms with van der Waals surface area (Å²) in [6.07, 6.45) is 5.93. The van der Waals surface area contributed by atoms with Crippen LogP contribution >= 0.6 is 11.6 Å². The molecule has 0 unspecified atom stereocenters. The first-order valence-corrected chi connectivity index (χ1v) is 8.69. The minimum atomic E-state index is -0.157. The predicted molar refractivity (Wildman–Crippen MR) is 102 cm³/mol. The number of amides is 1. The van der Waals surface area contributed by atoms with Gasteiger partial charge >= 0.3 is 0 Å². The molecule has 0 aliphatic rings. The first-order chi connectivity index (χ1) is 12.5. The van der Waals surface area contributed by atoms with Crippen LogP contribution in [0, 0.1) is 6.92 Å². The number of nitrogen functional groups attached to an aromatic ring is 1. The second kappa shape index (κ2) is 7.58. The van der Waals surface area contributed by atoms with Gasteiger partial charge in [0.1, 0.15) is 5.82 Å². The number of carbonyl (C=O) groups excluding carboxylic acids is 1. The first-order valence-electron chi connectivity index (χ1n) is 8.31. The smallest absolute Gasteiger partial charge is 0.253 e. The van der Waals surface area contributed by atoms with Gasteiger partial charge in [-0.2, -0.15) is 4.98 Å². The fourth-order valence-corrected chi connectivity index (χ4v) is 2.95. The fraction of sp³-hybridized carbons (Fsp3) is 0.211. The quantitative estimate of drug-likeness (QED) is 0.718. The van der Waals surface area contributed by atoms with Gasteiger partial charge in [-0.25, -0.2) is 4.98 Å². The Kier molecular flexibility index (Phi) is 5.23. The molecule has 0 saturated heterocycles. The van der Waals surface area contributed by atoms with Gasteiger partial charge in [0.05, 0.1) is 11.6 Å². The van der Waals surface area contributed by atoms with Crippen molar-refractivity contribution in [1.29, 1.82) is 0 Å². The highest BCUT2D eigenvalue weighted by Gasteiger charge is 2.16. The van der Waals surface area contributed by atoms with Crippen molar-refractivity contribution in [3.63, 3.8) is 0 Å². The number of halogens is 1. The maximum absolute atomic E-state index is 12.7. The Bertz CT molecular complexity index is 937. The highest BCUT2D eigenvalue weighted by Crippen LogP contribution is 2.21. The second-order valence-electron chi connectivity index (χ2n) is 6.03. The number of rotatable bonds is 5. The van der Waals surface area contributed by atoms with E-state index in [-0.39, 0.29) is 17.9 Å². The first kappa shape index (κ1) is 17.9. The van der Waals surface area contributed by atoms with Gasteiger partial charge in [0.2, 0.25) is 5.95 Å². The van der Waals surface area contributed by atoms with Crippen molar-refractivity contribution in [3.05, 3.63) is 70.6 Å². The molecule has 1 aromatic carbocycles. The molecular weight excluding hydrogens is 350 g/mol. The molecule has 3 aromatic rings. The summed E-state index contributed by atoms with van der Waals surface area (Å²) in [5.74, 6) is 0.686. The Labute approximate surface area is 157 Å². The third kappa shape index (κ3) is 3.86. The number of aromatic nitrogens is 3. The molecule has 0 fully saturated rings. The van der Waals surface area contributed by atoms with Crippen LogP contribution in [0.4, 0.5) is 5.95 Å². The molecule has 2 heterocycles. The van der Waals surface area contributed by atoms with E-state index in [0.29, 0.717) is 16.4 Å². The van der Waals surface area contributed by atoms with Gasteiger partial charge in [-0.1, -0.05) is 30.7 Å². The number of carbonyl (C=O) groups is 1. The second-order valence-corrected chi connectivity index (χ2v) is 6.47. The van der Waals surface area contributed by atoms with Gasteiger partial charge in [-0.3, -0.25) is 4.79 Å². The van der Waals surface area contributed by atoms with E-state index in [1.54, 1.807) is 29.2 Å². The van der Waals surface area contributed by atoms with Crippen LogP contribution in [0.2, 0.25) is 5.02 Å². The molecule has 0 radical (unpaired) electrons. The largest absolute Gasteiger partial charge is 0.368 e. The molecule has 2 aromatic heterocycles. The molecule has 1 atom stereocenters. The summed E-state index contributed by atoms with van der Waals surface area (Å²) < 4.78 is 1.77. The standard InChI is InChI=1S/C19H20ClN5O/c1-3-16(13-5-4-6-15(20)9-13)23-18(26)14-7-8-25(11-14)17-12(2)10-22-19(21)24-17/h4-11,16H,3H2,1-2H3,(H,23,26)(H2,21,22,24)/t16-/m1/s1. The number of nitrogens with zero attached hydrogens (tertiary/aromatic N) is 3. The molecule has 0 aliphatic heterocycles. The van der Waals surface area contributed by atoms with Gasteiger partial charge < -0.3 is 15.6 Å². The Morgan fingerprint density at radius 2 is 2.19 bits per heavy atom. The number of benzene rings is 1. The van der Waals surface area contributed by atoms with Gasteiger partial charge in [0.15, 0.2) is 0 Å². The van der Waals surface area contributed by atoms with Crippen molar-refractivity contribution in [2.24, 2.45) is 0 Å². The lowest BCUT2D eigenvalue weighted by Gasteiger charge is -2.17. The zero-order valence-corrected chi connectivity index (χ0v) is 15.4. The Hall–Kier alpha value is -2.86. The van der Waals surface area contributed by atoms with Gasteiger partial charge in [0, 0.05) is 29.2 Å². The molecule has 6 nitrogen and oxygen atoms in total. The summed E-state index contributed by atoms with van der Waals surface area (Å²) in [6.45, 7) is 3.91. The number of aryl methyl sites for hydroxylation is 1. The molecule has 0 bridgehead atoms. The highest BCUT2D eigenvalue weighted by molar-refractivity contribution is 6.30. The Balaban J connectivity index is 1.80. The van der Waals surface area contributed by atoms with E-state index in [9.17, 15) is 4.79 Å². The van der Waals surface area contributed by atoms with E-state index in [2.05, 4.69) is 15.3 Å². The number of hydrogen-bond acceptors (Lipinski definition) is 4. The molecule has 0 spiro atoms. The summed E-state index contributed by atoms with van der Waals surface area (Å²) in [7, 11) is 0. The lowest BCUT2D eigenvalue weighted by molar-refractivity contribution is 0.0935. The van der Waals surface area contributed by atoms with Crippen LogP contribution in [0.15, 0.2) is 48.9 Å². The van der Waals surface area contributed by atoms with Crippen LogP contribution in [0.1, 0.15) is 40.9 Å². The summed E-state index contributed by atoms with van der Waals surface area (Å²) in [4.78, 5) is 20.8. The monoisotopic (exact) mass is 369 g/mol. The minimum absolute atomic E-state index is 0.110. The zero-order valence-electron chi connectivity index (χ0n) is 14.6. The third-order valence-corrected chi connectivity index (χ3v) is 4.36. The molecule has 7 heteroatoms. The average Bonchev–Trinajstić information content (AvgIpc) is 3.11. The Morgan fingerprint density at radius 3 is 2.92 bits per heavy atom. The third-order valence-electron chi connectivity index (χ3n) is 4.13. The fourth-order valence-electron chi connectivity index (χ4n) is 2.76. The number of nitrogens with one attached hydrogen (secondary N) is 1. The lowest BCUT2D eigenvalue weighted by Crippen LogP contribution is -2.27. The van der Waals surface area contributed by atoms with Crippen LogP contribution in [0.3, 0.4) is 0 Å². The van der Waals surface area contributed by atoms with E-state index in [0.717, 1.165) is 17.5 Å². The van der Waals surface area contributed by atoms with Gasteiger partial charge in [-0.05, 0) is 37.1 Å². The van der Waals surface area contributed by atoms with Crippen LogP contribution in [-0.4, -0.2) is 20.4 Å². The topological polar surface area (TPSA) is 85.8 Å². The summed E-state index contributed by atoms with van der Waals surface area (Å²) in [5, 5.41) is 3.70. The molecule has 134 valence electrons. The van der Waals surface area contributed by atoms with Gasteiger partial charge in [0.25, 0.3) is 5.91 Å². The average molecular weight is 370 g/mol. The SMILES string of the molecule is CC[C@@H](NC(=O)c1ccn(-c2nc(N)ncc2C)c1)c1cccc(Cl)c1. The van der Waals surface area contributed by atoms with Crippen LogP contribution in [0.25, 0.3) is 5.82 Å². The van der Waals surface area contributed by atoms with Crippen LogP contribution < -0.4 is 11.1 Å². The molecule has 26 heavy (non-hydrogen) atoms. The van der Waals surface area contributed by atoms with Crippen LogP contribution in [0.5, 0.6) is 0 Å². The van der Waals surface area contributed by atoms with E-state index >= 15 is 0 Å². The van der Waals surface area contributed by atoms with Crippen molar-refractivity contribution in [2.75, 3.05) is 5.73 Å². The molecule has 1 amide bonds. The van der Waals surface area contributed by atoms with E-state index in [1.807, 2.05) is 38.1 Å². The summed E-state index contributed by atoms with van der Waals surface area (Å²) in [6, 6.07) is 9.16. The number of hydrogen-bond donors (Lipinski definition) is 2. The molecular formula is C19H20ClN5O. The minimum Gasteiger partial charge on any atom is -0.368 e. The summed E-state index contributed by atoms with van der Waals surface area (Å²) in [5.41, 5.74) is 8.06. The maximum atomic E-state index is 12.7. The zero-order chi connectivity index (χ0) is 18.7. The molecule has 0 aliphatic carbocycles. The van der Waals surface area contributed by atoms with Gasteiger partial charge in [-0.15, -0.1) is 0 Å². The van der Waals surface area contributed by atoms with Crippen molar-refractivity contribution < 1.29 is 4.79 Å². The Morgan fingerprint density at radius 1 is 1.38 bits per heavy atom. The normalized spacial score (nSPS) is 12.0. The van der Waals surface area contributed by atoms with E-state index < -0.39 is 0 Å². The number of nitrogens with two attached hydrogens (primary N) is 1. The lowest BCUT2D eigenvalue weighted by atomic mass is 10.0. The molecule has 3 N–H and O–H groups in total. The van der Waals surface area contributed by atoms with Crippen LogP contribution in [-0.2, 0) is 0 Å².